The molecule has 3 heteroatoms. The second kappa shape index (κ2) is 6.68. The SMILES string of the molecule is COCCCCOc1ccccc1Cl. The van der Waals surface area contributed by atoms with E-state index in [0.717, 1.165) is 25.2 Å². The van der Waals surface area contributed by atoms with Crippen molar-refractivity contribution >= 4 is 11.6 Å². The van der Waals surface area contributed by atoms with Crippen LogP contribution >= 0.6 is 11.6 Å². The first-order valence-electron chi connectivity index (χ1n) is 4.71. The van der Waals surface area contributed by atoms with E-state index in [2.05, 4.69) is 0 Å². The molecule has 0 atom stereocenters. The zero-order chi connectivity index (χ0) is 10.2. The first-order chi connectivity index (χ1) is 6.84. The van der Waals surface area contributed by atoms with Gasteiger partial charge in [-0.05, 0) is 25.0 Å². The molecule has 0 spiro atoms. The summed E-state index contributed by atoms with van der Waals surface area (Å²) in [6.07, 6.45) is 2.00. The Balaban J connectivity index is 2.21. The van der Waals surface area contributed by atoms with Gasteiger partial charge in [-0.15, -0.1) is 0 Å². The minimum Gasteiger partial charge on any atom is -0.492 e. The molecule has 0 saturated heterocycles. The van der Waals surface area contributed by atoms with E-state index in [1.54, 1.807) is 7.11 Å². The number of benzene rings is 1. The maximum absolute atomic E-state index is 5.91. The molecule has 1 aromatic rings. The quantitative estimate of drug-likeness (QED) is 0.678. The molecule has 0 amide bonds. The summed E-state index contributed by atoms with van der Waals surface area (Å²) >= 11 is 5.91. The van der Waals surface area contributed by atoms with Crippen molar-refractivity contribution in [3.8, 4) is 5.75 Å². The lowest BCUT2D eigenvalue weighted by Crippen LogP contribution is -1.99. The Morgan fingerprint density at radius 3 is 2.57 bits per heavy atom. The fourth-order valence-corrected chi connectivity index (χ4v) is 1.28. The lowest BCUT2D eigenvalue weighted by atomic mass is 10.3. The van der Waals surface area contributed by atoms with Crippen molar-refractivity contribution in [1.29, 1.82) is 0 Å². The summed E-state index contributed by atoms with van der Waals surface area (Å²) in [5, 5.41) is 0.666. The Kier molecular flexibility index (Phi) is 5.42. The molecule has 0 bridgehead atoms. The largest absolute Gasteiger partial charge is 0.492 e. The predicted molar refractivity (Wildman–Crippen MR) is 58.1 cm³/mol. The van der Waals surface area contributed by atoms with Gasteiger partial charge in [-0.1, -0.05) is 23.7 Å². The van der Waals surface area contributed by atoms with Crippen LogP contribution in [-0.2, 0) is 4.74 Å². The van der Waals surface area contributed by atoms with Crippen molar-refractivity contribution in [3.63, 3.8) is 0 Å². The number of ether oxygens (including phenoxy) is 2. The average molecular weight is 215 g/mol. The standard InChI is InChI=1S/C11H15ClO2/c1-13-8-4-5-9-14-11-7-3-2-6-10(11)12/h2-3,6-7H,4-5,8-9H2,1H3. The summed E-state index contributed by atoms with van der Waals surface area (Å²) in [6.45, 7) is 1.47. The second-order valence-corrected chi connectivity index (χ2v) is 3.39. The molecule has 0 radical (unpaired) electrons. The van der Waals surface area contributed by atoms with Crippen LogP contribution in [0.5, 0.6) is 5.75 Å². The third kappa shape index (κ3) is 3.99. The number of rotatable bonds is 6. The first kappa shape index (κ1) is 11.3. The number of methoxy groups -OCH3 is 1. The molecule has 0 aromatic heterocycles. The molecular weight excluding hydrogens is 200 g/mol. The molecule has 0 heterocycles. The van der Waals surface area contributed by atoms with Crippen LogP contribution in [0.4, 0.5) is 0 Å². The van der Waals surface area contributed by atoms with Gasteiger partial charge in [0.1, 0.15) is 5.75 Å². The number of hydrogen-bond donors (Lipinski definition) is 0. The minimum atomic E-state index is 0.666. The third-order valence-electron chi connectivity index (χ3n) is 1.84. The van der Waals surface area contributed by atoms with Gasteiger partial charge in [-0.25, -0.2) is 0 Å². The van der Waals surface area contributed by atoms with E-state index >= 15 is 0 Å². The highest BCUT2D eigenvalue weighted by Gasteiger charge is 1.98. The van der Waals surface area contributed by atoms with Crippen LogP contribution in [0.2, 0.25) is 5.02 Å². The van der Waals surface area contributed by atoms with E-state index in [1.807, 2.05) is 24.3 Å². The highest BCUT2D eigenvalue weighted by atomic mass is 35.5. The normalized spacial score (nSPS) is 10.1. The molecule has 0 fully saturated rings. The maximum atomic E-state index is 5.91. The number of hydrogen-bond acceptors (Lipinski definition) is 2. The Hall–Kier alpha value is -0.730. The molecule has 0 saturated carbocycles. The van der Waals surface area contributed by atoms with Crippen molar-refractivity contribution in [2.75, 3.05) is 20.3 Å². The zero-order valence-corrected chi connectivity index (χ0v) is 9.09. The van der Waals surface area contributed by atoms with Gasteiger partial charge in [0.15, 0.2) is 0 Å². The van der Waals surface area contributed by atoms with Crippen molar-refractivity contribution in [1.82, 2.24) is 0 Å². The highest BCUT2D eigenvalue weighted by molar-refractivity contribution is 6.32. The van der Waals surface area contributed by atoms with Gasteiger partial charge in [0, 0.05) is 13.7 Å². The van der Waals surface area contributed by atoms with Gasteiger partial charge in [-0.2, -0.15) is 0 Å². The smallest absolute Gasteiger partial charge is 0.137 e. The highest BCUT2D eigenvalue weighted by Crippen LogP contribution is 2.23. The molecular formula is C11H15ClO2. The van der Waals surface area contributed by atoms with Crippen molar-refractivity contribution in [2.24, 2.45) is 0 Å². The van der Waals surface area contributed by atoms with Crippen LogP contribution in [-0.4, -0.2) is 20.3 Å². The van der Waals surface area contributed by atoms with Crippen LogP contribution in [0.25, 0.3) is 0 Å². The molecule has 0 aliphatic carbocycles. The monoisotopic (exact) mass is 214 g/mol. The van der Waals surface area contributed by atoms with Crippen molar-refractivity contribution in [3.05, 3.63) is 29.3 Å². The zero-order valence-electron chi connectivity index (χ0n) is 8.33. The summed E-state index contributed by atoms with van der Waals surface area (Å²) in [6, 6.07) is 7.50. The van der Waals surface area contributed by atoms with Gasteiger partial charge in [0.05, 0.1) is 11.6 Å². The van der Waals surface area contributed by atoms with Gasteiger partial charge >= 0.3 is 0 Å². The van der Waals surface area contributed by atoms with Crippen LogP contribution in [0.1, 0.15) is 12.8 Å². The van der Waals surface area contributed by atoms with Gasteiger partial charge in [-0.3, -0.25) is 0 Å². The Bertz CT molecular complexity index is 263. The Labute approximate surface area is 89.8 Å². The number of unbranched alkanes of at least 4 members (excludes halogenated alkanes) is 1. The van der Waals surface area contributed by atoms with Crippen LogP contribution in [0, 0.1) is 0 Å². The van der Waals surface area contributed by atoms with Gasteiger partial charge in [0.2, 0.25) is 0 Å². The third-order valence-corrected chi connectivity index (χ3v) is 2.15. The summed E-state index contributed by atoms with van der Waals surface area (Å²) < 4.78 is 10.4. The fourth-order valence-electron chi connectivity index (χ4n) is 1.09. The molecule has 1 aromatic carbocycles. The van der Waals surface area contributed by atoms with E-state index < -0.39 is 0 Å². The van der Waals surface area contributed by atoms with Gasteiger partial charge in [0.25, 0.3) is 0 Å². The summed E-state index contributed by atoms with van der Waals surface area (Å²) in [7, 11) is 1.70. The van der Waals surface area contributed by atoms with Gasteiger partial charge < -0.3 is 9.47 Å². The van der Waals surface area contributed by atoms with E-state index in [-0.39, 0.29) is 0 Å². The minimum absolute atomic E-state index is 0.666. The Morgan fingerprint density at radius 2 is 1.86 bits per heavy atom. The summed E-state index contributed by atoms with van der Waals surface area (Å²) in [4.78, 5) is 0. The average Bonchev–Trinajstić information content (AvgIpc) is 2.20. The van der Waals surface area contributed by atoms with Crippen LogP contribution in [0.3, 0.4) is 0 Å². The van der Waals surface area contributed by atoms with Crippen molar-refractivity contribution < 1.29 is 9.47 Å². The van der Waals surface area contributed by atoms with Crippen LogP contribution in [0.15, 0.2) is 24.3 Å². The lowest BCUT2D eigenvalue weighted by molar-refractivity contribution is 0.184. The first-order valence-corrected chi connectivity index (χ1v) is 5.08. The molecule has 14 heavy (non-hydrogen) atoms. The molecule has 78 valence electrons. The van der Waals surface area contributed by atoms with Crippen LogP contribution < -0.4 is 4.74 Å². The molecule has 0 N–H and O–H groups in total. The van der Waals surface area contributed by atoms with E-state index in [1.165, 1.54) is 0 Å². The lowest BCUT2D eigenvalue weighted by Gasteiger charge is -2.06. The number of para-hydroxylation sites is 1. The summed E-state index contributed by atoms with van der Waals surface area (Å²) in [5.74, 6) is 0.756. The maximum Gasteiger partial charge on any atom is 0.137 e. The Morgan fingerprint density at radius 1 is 1.14 bits per heavy atom. The predicted octanol–water partition coefficient (Wildman–Crippen LogP) is 3.15. The molecule has 0 aliphatic rings. The molecule has 0 aliphatic heterocycles. The van der Waals surface area contributed by atoms with E-state index in [9.17, 15) is 0 Å². The number of halogens is 1. The van der Waals surface area contributed by atoms with E-state index in [4.69, 9.17) is 21.1 Å². The fraction of sp³-hybridized carbons (Fsp3) is 0.455. The van der Waals surface area contributed by atoms with Crippen molar-refractivity contribution in [2.45, 2.75) is 12.8 Å². The molecule has 2 nitrogen and oxygen atoms in total. The second-order valence-electron chi connectivity index (χ2n) is 2.98. The topological polar surface area (TPSA) is 18.5 Å². The van der Waals surface area contributed by atoms with E-state index in [0.29, 0.717) is 11.6 Å². The summed E-state index contributed by atoms with van der Waals surface area (Å²) in [5.41, 5.74) is 0. The molecule has 0 unspecified atom stereocenters. The molecule has 1 rings (SSSR count).